The van der Waals surface area contributed by atoms with E-state index in [2.05, 4.69) is 22.2 Å². The number of carbonyl (C=O) groups excluding carboxylic acids is 1. The first-order valence-corrected chi connectivity index (χ1v) is 11.2. The van der Waals surface area contributed by atoms with Gasteiger partial charge in [0.1, 0.15) is 5.82 Å². The molecule has 7 heteroatoms. The second-order valence-electron chi connectivity index (χ2n) is 8.50. The molecule has 1 saturated heterocycles. The van der Waals surface area contributed by atoms with Crippen LogP contribution < -0.4 is 16.2 Å². The first-order chi connectivity index (χ1) is 15.5. The van der Waals surface area contributed by atoms with E-state index in [0.29, 0.717) is 18.2 Å². The Morgan fingerprint density at radius 3 is 2.72 bits per heavy atom. The minimum Gasteiger partial charge on any atom is -0.331 e. The molecule has 6 nitrogen and oxygen atoms in total. The molecule has 3 atom stereocenters. The summed E-state index contributed by atoms with van der Waals surface area (Å²) in [4.78, 5) is 14.2. The van der Waals surface area contributed by atoms with Crippen LogP contribution in [0.25, 0.3) is 0 Å². The lowest BCUT2D eigenvalue weighted by Crippen LogP contribution is -2.39. The highest BCUT2D eigenvalue weighted by Crippen LogP contribution is 2.25. The predicted octanol–water partition coefficient (Wildman–Crippen LogP) is 4.57. The molecule has 3 rings (SSSR count). The van der Waals surface area contributed by atoms with Crippen molar-refractivity contribution in [3.05, 3.63) is 71.0 Å². The third kappa shape index (κ3) is 6.78. The zero-order chi connectivity index (χ0) is 22.9. The minimum atomic E-state index is -0.202. The quantitative estimate of drug-likeness (QED) is 0.502. The summed E-state index contributed by atoms with van der Waals surface area (Å²) < 4.78 is 13.4. The monoisotopic (exact) mass is 437 g/mol. The zero-order valence-electron chi connectivity index (χ0n) is 18.8. The van der Waals surface area contributed by atoms with Gasteiger partial charge in [0.25, 0.3) is 0 Å². The van der Waals surface area contributed by atoms with Crippen molar-refractivity contribution in [3.8, 4) is 6.07 Å². The molecule has 1 heterocycles. The standard InChI is InChI=1S/C25H32FN5O/c1-18(20-12-10-19(17-27)11-13-20)28-25(32)31(2)14-5-3-4-9-23-16-24(30-29-23)21-7-6-8-22(26)15-21/h6-8,10-13,15,18,23-24,29-30H,3-5,9,14,16H2,1-2H3,(H,28,32). The normalized spacial score (nSPS) is 18.7. The van der Waals surface area contributed by atoms with E-state index in [1.165, 1.54) is 6.07 Å². The molecule has 0 saturated carbocycles. The number of nitrogens with zero attached hydrogens (tertiary/aromatic N) is 2. The summed E-state index contributed by atoms with van der Waals surface area (Å²) in [5.41, 5.74) is 9.15. The van der Waals surface area contributed by atoms with E-state index in [9.17, 15) is 9.18 Å². The molecule has 2 aromatic rings. The molecular weight excluding hydrogens is 405 g/mol. The topological polar surface area (TPSA) is 80.2 Å². The average Bonchev–Trinajstić information content (AvgIpc) is 3.27. The number of halogens is 1. The van der Waals surface area contributed by atoms with Crippen LogP contribution >= 0.6 is 0 Å². The maximum absolute atomic E-state index is 13.4. The van der Waals surface area contributed by atoms with Gasteiger partial charge in [0.2, 0.25) is 0 Å². The van der Waals surface area contributed by atoms with Gasteiger partial charge in [0.05, 0.1) is 17.7 Å². The highest BCUT2D eigenvalue weighted by molar-refractivity contribution is 5.74. The number of hydrogen-bond acceptors (Lipinski definition) is 4. The molecule has 0 aromatic heterocycles. The van der Waals surface area contributed by atoms with Gasteiger partial charge >= 0.3 is 6.03 Å². The molecule has 32 heavy (non-hydrogen) atoms. The molecule has 3 N–H and O–H groups in total. The van der Waals surface area contributed by atoms with Crippen LogP contribution in [0, 0.1) is 17.1 Å². The van der Waals surface area contributed by atoms with E-state index in [-0.39, 0.29) is 23.9 Å². The van der Waals surface area contributed by atoms with Crippen molar-refractivity contribution >= 4 is 6.03 Å². The molecule has 170 valence electrons. The van der Waals surface area contributed by atoms with Crippen LogP contribution in [0.2, 0.25) is 0 Å². The SMILES string of the molecule is CC(NC(=O)N(C)CCCCCC1CC(c2cccc(F)c2)NN1)c1ccc(C#N)cc1. The fourth-order valence-corrected chi connectivity index (χ4v) is 4.00. The van der Waals surface area contributed by atoms with Crippen molar-refractivity contribution < 1.29 is 9.18 Å². The number of benzene rings is 2. The molecule has 0 aliphatic carbocycles. The second kappa shape index (κ2) is 11.6. The van der Waals surface area contributed by atoms with Gasteiger partial charge in [-0.1, -0.05) is 37.1 Å². The van der Waals surface area contributed by atoms with E-state index in [1.54, 1.807) is 29.2 Å². The Balaban J connectivity index is 1.30. The number of amides is 2. The van der Waals surface area contributed by atoms with Crippen molar-refractivity contribution in [3.63, 3.8) is 0 Å². The average molecular weight is 438 g/mol. The molecule has 0 bridgehead atoms. The number of carbonyl (C=O) groups is 1. The summed E-state index contributed by atoms with van der Waals surface area (Å²) >= 11 is 0. The number of rotatable bonds is 9. The molecule has 1 fully saturated rings. The summed E-state index contributed by atoms with van der Waals surface area (Å²) in [6, 6.07) is 16.4. The Morgan fingerprint density at radius 2 is 2.00 bits per heavy atom. The van der Waals surface area contributed by atoms with Crippen molar-refractivity contribution in [1.82, 2.24) is 21.1 Å². The van der Waals surface area contributed by atoms with Gasteiger partial charge in [-0.3, -0.25) is 10.9 Å². The summed E-state index contributed by atoms with van der Waals surface area (Å²) in [6.07, 6.45) is 5.06. The van der Waals surface area contributed by atoms with Crippen LogP contribution in [0.4, 0.5) is 9.18 Å². The van der Waals surface area contributed by atoms with Crippen LogP contribution in [0.3, 0.4) is 0 Å². The van der Waals surface area contributed by atoms with Gasteiger partial charge < -0.3 is 10.2 Å². The van der Waals surface area contributed by atoms with Gasteiger partial charge in [0, 0.05) is 25.7 Å². The Bertz CT molecular complexity index is 927. The van der Waals surface area contributed by atoms with Gasteiger partial charge in [-0.2, -0.15) is 5.26 Å². The molecular formula is C25H32FN5O. The van der Waals surface area contributed by atoms with Gasteiger partial charge in [-0.15, -0.1) is 0 Å². The largest absolute Gasteiger partial charge is 0.331 e. The molecule has 2 aromatic carbocycles. The third-order valence-electron chi connectivity index (χ3n) is 6.01. The van der Waals surface area contributed by atoms with Gasteiger partial charge in [-0.05, 0) is 61.6 Å². The van der Waals surface area contributed by atoms with E-state index in [4.69, 9.17) is 5.26 Å². The fourth-order valence-electron chi connectivity index (χ4n) is 4.00. The van der Waals surface area contributed by atoms with Crippen molar-refractivity contribution in [2.45, 2.75) is 57.2 Å². The molecule has 2 amide bonds. The van der Waals surface area contributed by atoms with Crippen molar-refractivity contribution in [2.75, 3.05) is 13.6 Å². The Labute approximate surface area is 189 Å². The van der Waals surface area contributed by atoms with Crippen LogP contribution in [-0.4, -0.2) is 30.6 Å². The maximum atomic E-state index is 13.4. The Morgan fingerprint density at radius 1 is 1.22 bits per heavy atom. The highest BCUT2D eigenvalue weighted by atomic mass is 19.1. The molecule has 1 aliphatic rings. The highest BCUT2D eigenvalue weighted by Gasteiger charge is 2.24. The zero-order valence-corrected chi connectivity index (χ0v) is 18.8. The summed E-state index contributed by atoms with van der Waals surface area (Å²) in [5.74, 6) is -0.202. The Kier molecular flexibility index (Phi) is 8.60. The van der Waals surface area contributed by atoms with E-state index in [1.807, 2.05) is 32.2 Å². The predicted molar refractivity (Wildman–Crippen MR) is 123 cm³/mol. The van der Waals surface area contributed by atoms with Crippen molar-refractivity contribution in [2.24, 2.45) is 0 Å². The molecule has 0 radical (unpaired) electrons. The minimum absolute atomic E-state index is 0.0959. The molecule has 3 unspecified atom stereocenters. The first-order valence-electron chi connectivity index (χ1n) is 11.2. The van der Waals surface area contributed by atoms with E-state index < -0.39 is 0 Å². The number of nitrogens with one attached hydrogen (secondary N) is 3. The number of hydrogen-bond donors (Lipinski definition) is 3. The lowest BCUT2D eigenvalue weighted by atomic mass is 9.99. The van der Waals surface area contributed by atoms with Crippen LogP contribution in [0.1, 0.15) is 67.8 Å². The summed E-state index contributed by atoms with van der Waals surface area (Å²) in [7, 11) is 1.81. The maximum Gasteiger partial charge on any atom is 0.317 e. The lowest BCUT2D eigenvalue weighted by molar-refractivity contribution is 0.204. The van der Waals surface area contributed by atoms with E-state index in [0.717, 1.165) is 43.2 Å². The number of urea groups is 1. The molecule has 0 spiro atoms. The first kappa shape index (κ1) is 23.7. The van der Waals surface area contributed by atoms with Crippen LogP contribution in [-0.2, 0) is 0 Å². The number of hydrazine groups is 1. The lowest BCUT2D eigenvalue weighted by Gasteiger charge is -2.21. The fraction of sp³-hybridized carbons (Fsp3) is 0.440. The van der Waals surface area contributed by atoms with Crippen LogP contribution in [0.15, 0.2) is 48.5 Å². The van der Waals surface area contributed by atoms with Gasteiger partial charge in [0.15, 0.2) is 0 Å². The summed E-state index contributed by atoms with van der Waals surface area (Å²) in [5, 5.41) is 11.9. The van der Waals surface area contributed by atoms with E-state index >= 15 is 0 Å². The molecule has 1 aliphatic heterocycles. The van der Waals surface area contributed by atoms with Gasteiger partial charge in [-0.25, -0.2) is 9.18 Å². The van der Waals surface area contributed by atoms with Crippen LogP contribution in [0.5, 0.6) is 0 Å². The van der Waals surface area contributed by atoms with Crippen molar-refractivity contribution in [1.29, 1.82) is 5.26 Å². The third-order valence-corrected chi connectivity index (χ3v) is 6.01. The smallest absolute Gasteiger partial charge is 0.317 e. The summed E-state index contributed by atoms with van der Waals surface area (Å²) in [6.45, 7) is 2.64. The number of nitriles is 1. The second-order valence-corrected chi connectivity index (χ2v) is 8.50. The number of unbranched alkanes of at least 4 members (excludes halogenated alkanes) is 2. The Hall–Kier alpha value is -2.95.